The standard InChI is InChI=1S/C29H36N4O4.C13H14N2O3/c1-20-24(19-33(31-20)25-11-7-8-12-26(25)37-3)28(21-9-5-4-6-10-21)30-23-15-13-22(14-16-23)29(36)32(2)18-17-27(34)35;1-9-10(13(16)17)8-15(2,14-9)11-6-4-5-7-12(11)18-3/h7-8,11-16,19,21,28,30H,4-6,9-10,17-18H2,1-3H3,(H,34,35);4-8H,1-3H3/p+1. The third-order valence-electron chi connectivity index (χ3n) is 10.1. The summed E-state index contributed by atoms with van der Waals surface area (Å²) in [5.41, 5.74) is 6.04. The highest BCUT2D eigenvalue weighted by molar-refractivity contribution is 6.19. The number of quaternary nitrogens is 1. The molecule has 4 aromatic rings. The van der Waals surface area contributed by atoms with Crippen LogP contribution in [0.5, 0.6) is 11.5 Å². The van der Waals surface area contributed by atoms with Gasteiger partial charge in [-0.25, -0.2) is 9.48 Å². The van der Waals surface area contributed by atoms with Gasteiger partial charge in [0.05, 0.1) is 32.4 Å². The Labute approximate surface area is 322 Å². The third kappa shape index (κ3) is 9.60. The van der Waals surface area contributed by atoms with Gasteiger partial charge in [-0.1, -0.05) is 48.6 Å². The average Bonchev–Trinajstić information content (AvgIpc) is 3.74. The summed E-state index contributed by atoms with van der Waals surface area (Å²) in [5, 5.41) is 31.0. The first-order valence-corrected chi connectivity index (χ1v) is 18.4. The molecule has 0 bridgehead atoms. The van der Waals surface area contributed by atoms with E-state index in [0.717, 1.165) is 46.9 Å². The van der Waals surface area contributed by atoms with E-state index in [0.29, 0.717) is 22.9 Å². The number of benzene rings is 3. The molecule has 1 saturated carbocycles. The number of carboxylic acids is 2. The van der Waals surface area contributed by atoms with Crippen molar-refractivity contribution in [3.63, 3.8) is 0 Å². The number of carbonyl (C=O) groups is 3. The number of nitrogens with zero attached hydrogens (tertiary/aromatic N) is 5. The van der Waals surface area contributed by atoms with Crippen molar-refractivity contribution in [2.24, 2.45) is 11.0 Å². The number of rotatable bonds is 13. The normalized spacial score (nSPS) is 17.2. The van der Waals surface area contributed by atoms with Crippen LogP contribution in [0.3, 0.4) is 0 Å². The molecule has 6 rings (SSSR count). The molecule has 2 aliphatic rings. The molecular weight excluding hydrogens is 700 g/mol. The molecule has 55 heavy (non-hydrogen) atoms. The molecule has 0 spiro atoms. The lowest BCUT2D eigenvalue weighted by Gasteiger charge is -2.31. The van der Waals surface area contributed by atoms with E-state index < -0.39 is 11.9 Å². The molecule has 13 heteroatoms. The minimum absolute atomic E-state index is 0.0531. The Morgan fingerprint density at radius 1 is 0.927 bits per heavy atom. The molecule has 1 aliphatic carbocycles. The van der Waals surface area contributed by atoms with Gasteiger partial charge in [0.25, 0.3) is 5.91 Å². The smallest absolute Gasteiger partial charge is 0.343 e. The van der Waals surface area contributed by atoms with Crippen LogP contribution >= 0.6 is 0 Å². The van der Waals surface area contributed by atoms with Crippen molar-refractivity contribution in [2.75, 3.05) is 40.2 Å². The second-order valence-electron chi connectivity index (χ2n) is 14.0. The molecule has 1 aliphatic heterocycles. The maximum absolute atomic E-state index is 12.7. The number of hydrogen-bond donors (Lipinski definition) is 3. The fraction of sp³-hybridized carbons (Fsp3) is 0.357. The topological polar surface area (TPSA) is 156 Å². The van der Waals surface area contributed by atoms with Gasteiger partial charge in [-0.3, -0.25) is 9.59 Å². The first-order chi connectivity index (χ1) is 26.3. The number of ether oxygens (including phenoxy) is 2. The summed E-state index contributed by atoms with van der Waals surface area (Å²) in [7, 11) is 6.69. The summed E-state index contributed by atoms with van der Waals surface area (Å²) in [6.45, 7) is 3.92. The Morgan fingerprint density at radius 3 is 2.18 bits per heavy atom. The second-order valence-corrected chi connectivity index (χ2v) is 14.0. The molecular formula is C42H51N6O7+. The maximum atomic E-state index is 12.7. The molecule has 2 unspecified atom stereocenters. The van der Waals surface area contributed by atoms with E-state index in [1.807, 2.05) is 79.3 Å². The zero-order valence-corrected chi connectivity index (χ0v) is 32.4. The summed E-state index contributed by atoms with van der Waals surface area (Å²) in [6.07, 6.45) is 9.66. The van der Waals surface area contributed by atoms with Gasteiger partial charge in [0.15, 0.2) is 5.75 Å². The number of carboxylic acid groups (broad SMARTS) is 2. The monoisotopic (exact) mass is 751 g/mol. The van der Waals surface area contributed by atoms with Gasteiger partial charge in [0, 0.05) is 42.7 Å². The first kappa shape index (κ1) is 40.2. The second kappa shape index (κ2) is 17.9. The molecule has 0 saturated heterocycles. The van der Waals surface area contributed by atoms with Gasteiger partial charge < -0.3 is 29.9 Å². The predicted octanol–water partition coefficient (Wildman–Crippen LogP) is 7.46. The van der Waals surface area contributed by atoms with Crippen molar-refractivity contribution in [2.45, 2.75) is 58.4 Å². The minimum atomic E-state index is -0.965. The zero-order chi connectivity index (χ0) is 39.7. The lowest BCUT2D eigenvalue weighted by Crippen LogP contribution is -2.31. The van der Waals surface area contributed by atoms with Gasteiger partial charge in [-0.05, 0) is 75.1 Å². The Balaban J connectivity index is 0.000000269. The van der Waals surface area contributed by atoms with Crippen LogP contribution in [-0.2, 0) is 9.59 Å². The number of hydrogen-bond acceptors (Lipinski definition) is 8. The van der Waals surface area contributed by atoms with Crippen LogP contribution in [0.15, 0.2) is 95.9 Å². The molecule has 13 nitrogen and oxygen atoms in total. The molecule has 1 aromatic heterocycles. The lowest BCUT2D eigenvalue weighted by molar-refractivity contribution is -0.137. The molecule has 1 fully saturated rings. The van der Waals surface area contributed by atoms with E-state index in [4.69, 9.17) is 24.8 Å². The predicted molar refractivity (Wildman–Crippen MR) is 213 cm³/mol. The lowest BCUT2D eigenvalue weighted by atomic mass is 9.81. The van der Waals surface area contributed by atoms with E-state index in [2.05, 4.69) is 16.6 Å². The molecule has 3 aromatic carbocycles. The van der Waals surface area contributed by atoms with Crippen LogP contribution in [0.2, 0.25) is 0 Å². The quantitative estimate of drug-likeness (QED) is 0.118. The number of anilines is 1. The molecule has 2 heterocycles. The van der Waals surface area contributed by atoms with E-state index in [9.17, 15) is 14.4 Å². The Hall–Kier alpha value is -5.95. The van der Waals surface area contributed by atoms with Gasteiger partial charge in [-0.15, -0.1) is 4.59 Å². The molecule has 3 N–H and O–H groups in total. The Morgan fingerprint density at radius 2 is 1.56 bits per heavy atom. The average molecular weight is 752 g/mol. The molecule has 2 atom stereocenters. The highest BCUT2D eigenvalue weighted by Crippen LogP contribution is 2.39. The van der Waals surface area contributed by atoms with Gasteiger partial charge in [-0.2, -0.15) is 5.10 Å². The number of amides is 1. The van der Waals surface area contributed by atoms with Crippen LogP contribution in [0.4, 0.5) is 11.4 Å². The summed E-state index contributed by atoms with van der Waals surface area (Å²) in [6, 6.07) is 22.8. The molecule has 290 valence electrons. The summed E-state index contributed by atoms with van der Waals surface area (Å²) in [4.78, 5) is 36.1. The van der Waals surface area contributed by atoms with Crippen molar-refractivity contribution in [3.05, 3.63) is 108 Å². The fourth-order valence-electron chi connectivity index (χ4n) is 7.19. The largest absolute Gasteiger partial charge is 0.494 e. The van der Waals surface area contributed by atoms with Crippen molar-refractivity contribution in [1.82, 2.24) is 19.3 Å². The number of aryl methyl sites for hydroxylation is 1. The van der Waals surface area contributed by atoms with Crippen LogP contribution in [0, 0.1) is 12.8 Å². The number of aromatic nitrogens is 2. The van der Waals surface area contributed by atoms with Crippen molar-refractivity contribution in [1.29, 1.82) is 0 Å². The van der Waals surface area contributed by atoms with Crippen molar-refractivity contribution >= 4 is 34.9 Å². The van der Waals surface area contributed by atoms with Gasteiger partial charge >= 0.3 is 11.9 Å². The summed E-state index contributed by atoms with van der Waals surface area (Å²) in [5.74, 6) is -0.145. The minimum Gasteiger partial charge on any atom is -0.494 e. The summed E-state index contributed by atoms with van der Waals surface area (Å²) >= 11 is 0. The number of methoxy groups -OCH3 is 2. The van der Waals surface area contributed by atoms with Crippen molar-refractivity contribution in [3.8, 4) is 17.2 Å². The number of para-hydroxylation sites is 4. The van der Waals surface area contributed by atoms with Crippen LogP contribution in [0.1, 0.15) is 73.1 Å². The highest BCUT2D eigenvalue weighted by atomic mass is 16.5. The zero-order valence-electron chi connectivity index (χ0n) is 32.4. The fourth-order valence-corrected chi connectivity index (χ4v) is 7.19. The SMILES string of the molecule is COc1ccccc1-n1cc(C(Nc2ccc(C(=O)N(C)CCC(=O)O)cc2)C2CCCCC2)c(C)n1.COc1ccccc1[N+]1(C)C=C(C(=O)O)C(C)=N1. The Kier molecular flexibility index (Phi) is 13.1. The van der Waals surface area contributed by atoms with Crippen LogP contribution in [0.25, 0.3) is 5.69 Å². The van der Waals surface area contributed by atoms with E-state index >= 15 is 0 Å². The molecule has 1 amide bonds. The number of aliphatic carboxylic acids is 2. The maximum Gasteiger partial charge on any atom is 0.343 e. The van der Waals surface area contributed by atoms with E-state index in [-0.39, 0.29) is 35.1 Å². The Bertz CT molecular complexity index is 2050. The number of nitrogens with one attached hydrogen (secondary N) is 1. The van der Waals surface area contributed by atoms with Gasteiger partial charge in [0.1, 0.15) is 36.0 Å². The highest BCUT2D eigenvalue weighted by Gasteiger charge is 2.36. The third-order valence-corrected chi connectivity index (χ3v) is 10.1. The van der Waals surface area contributed by atoms with Gasteiger partial charge in [0.2, 0.25) is 5.69 Å². The summed E-state index contributed by atoms with van der Waals surface area (Å²) < 4.78 is 12.8. The van der Waals surface area contributed by atoms with E-state index in [1.54, 1.807) is 46.5 Å². The molecule has 0 radical (unpaired) electrons. The van der Waals surface area contributed by atoms with Crippen LogP contribution < -0.4 is 19.4 Å². The van der Waals surface area contributed by atoms with Crippen molar-refractivity contribution < 1.29 is 34.1 Å². The number of carbonyl (C=O) groups excluding carboxylic acids is 1. The van der Waals surface area contributed by atoms with E-state index in [1.165, 1.54) is 24.2 Å². The first-order valence-electron chi connectivity index (χ1n) is 18.4. The van der Waals surface area contributed by atoms with Crippen LogP contribution in [-0.4, -0.2) is 83.3 Å².